The first-order chi connectivity index (χ1) is 14.6. The van der Waals surface area contributed by atoms with Crippen LogP contribution in [0.15, 0.2) is 35.9 Å². The third-order valence-electron chi connectivity index (χ3n) is 7.81. The molecule has 5 rings (SSSR count). The van der Waals surface area contributed by atoms with E-state index >= 15 is 0 Å². The van der Waals surface area contributed by atoms with Gasteiger partial charge in [0.15, 0.2) is 5.78 Å². The van der Waals surface area contributed by atoms with Crippen LogP contribution in [0.2, 0.25) is 0 Å². The van der Waals surface area contributed by atoms with Gasteiger partial charge >= 0.3 is 0 Å². The van der Waals surface area contributed by atoms with Crippen LogP contribution in [-0.4, -0.2) is 41.6 Å². The molecule has 1 heterocycles. The van der Waals surface area contributed by atoms with Gasteiger partial charge in [0.2, 0.25) is 11.8 Å². The predicted molar refractivity (Wildman–Crippen MR) is 114 cm³/mol. The van der Waals surface area contributed by atoms with Crippen molar-refractivity contribution in [2.45, 2.75) is 63.8 Å². The molecule has 3 aliphatic carbocycles. The van der Waals surface area contributed by atoms with Crippen molar-refractivity contribution in [3.63, 3.8) is 0 Å². The van der Waals surface area contributed by atoms with Crippen LogP contribution in [0.3, 0.4) is 0 Å². The molecule has 158 valence electrons. The smallest absolute Gasteiger partial charge is 0.225 e. The Morgan fingerprint density at radius 1 is 1.07 bits per heavy atom. The van der Waals surface area contributed by atoms with Crippen LogP contribution in [0.25, 0.3) is 5.57 Å². The van der Waals surface area contributed by atoms with Crippen LogP contribution in [0.1, 0.15) is 63.4 Å². The Kier molecular flexibility index (Phi) is 5.00. The molecular formula is C25H30N2O3. The van der Waals surface area contributed by atoms with Gasteiger partial charge in [-0.1, -0.05) is 36.8 Å². The van der Waals surface area contributed by atoms with Crippen molar-refractivity contribution in [2.75, 3.05) is 13.1 Å². The maximum absolute atomic E-state index is 12.7. The molecule has 1 atom stereocenters. The molecule has 30 heavy (non-hydrogen) atoms. The van der Waals surface area contributed by atoms with Crippen LogP contribution in [0, 0.1) is 11.3 Å². The van der Waals surface area contributed by atoms with Crippen molar-refractivity contribution in [1.29, 1.82) is 0 Å². The summed E-state index contributed by atoms with van der Waals surface area (Å²) in [6.07, 6.45) is 7.67. The lowest BCUT2D eigenvalue weighted by atomic mass is 9.83. The normalized spacial score (nSPS) is 25.4. The van der Waals surface area contributed by atoms with Gasteiger partial charge < -0.3 is 10.2 Å². The van der Waals surface area contributed by atoms with E-state index in [1.54, 1.807) is 0 Å². The van der Waals surface area contributed by atoms with Gasteiger partial charge in [-0.2, -0.15) is 0 Å². The number of nitrogens with zero attached hydrogens (tertiary/aromatic N) is 1. The highest BCUT2D eigenvalue weighted by atomic mass is 16.2. The van der Waals surface area contributed by atoms with Crippen molar-refractivity contribution in [3.05, 3.63) is 41.5 Å². The summed E-state index contributed by atoms with van der Waals surface area (Å²) in [5.41, 5.74) is 2.94. The van der Waals surface area contributed by atoms with E-state index < -0.39 is 0 Å². The number of Topliss-reactive ketones (excluding diaryl/α,β-unsaturated/α-hetero) is 1. The zero-order chi connectivity index (χ0) is 20.7. The van der Waals surface area contributed by atoms with Gasteiger partial charge in [-0.25, -0.2) is 0 Å². The van der Waals surface area contributed by atoms with E-state index in [2.05, 4.69) is 5.32 Å². The minimum atomic E-state index is -0.0384. The topological polar surface area (TPSA) is 66.5 Å². The first kappa shape index (κ1) is 19.5. The highest BCUT2D eigenvalue weighted by molar-refractivity contribution is 6.10. The summed E-state index contributed by atoms with van der Waals surface area (Å²) in [5.74, 6) is 0.683. The number of nitrogens with one attached hydrogen (secondary N) is 1. The number of piperidine rings is 1. The number of carbonyl (C=O) groups excluding carboxylic acids is 3. The number of ketones is 1. The van der Waals surface area contributed by atoms with Crippen LogP contribution >= 0.6 is 0 Å². The number of hydrogen-bond donors (Lipinski definition) is 1. The number of hydrogen-bond acceptors (Lipinski definition) is 3. The molecule has 2 amide bonds. The molecule has 1 aromatic carbocycles. The molecule has 5 nitrogen and oxygen atoms in total. The fraction of sp³-hybridized carbons (Fsp3) is 0.560. The SMILES string of the molecule is O=C(CC1=C(c2ccccc2)CCC1=O)NC1CC12CCN(C(=O)C1CCC1)CC2. The summed E-state index contributed by atoms with van der Waals surface area (Å²) < 4.78 is 0. The van der Waals surface area contributed by atoms with E-state index in [4.69, 9.17) is 0 Å². The van der Waals surface area contributed by atoms with E-state index in [9.17, 15) is 14.4 Å². The predicted octanol–water partition coefficient (Wildman–Crippen LogP) is 3.49. The standard InChI is InChI=1S/C25H30N2O3/c28-21-10-9-19(17-5-2-1-3-6-17)20(21)15-23(29)26-22-16-25(22)11-13-27(14-12-25)24(30)18-7-4-8-18/h1-3,5-6,18,22H,4,7-16H2,(H,26,29). The second-order valence-corrected chi connectivity index (χ2v) is 9.56. The lowest BCUT2D eigenvalue weighted by Gasteiger charge is -2.37. The molecule has 2 saturated carbocycles. The molecule has 1 saturated heterocycles. The van der Waals surface area contributed by atoms with E-state index in [0.29, 0.717) is 17.9 Å². The lowest BCUT2D eigenvalue weighted by molar-refractivity contribution is -0.140. The molecule has 4 aliphatic rings. The monoisotopic (exact) mass is 406 g/mol. The molecule has 1 unspecified atom stereocenters. The Labute approximate surface area is 177 Å². The molecule has 0 radical (unpaired) electrons. The lowest BCUT2D eigenvalue weighted by Crippen LogP contribution is -2.45. The maximum atomic E-state index is 12.7. The Bertz CT molecular complexity index is 892. The van der Waals surface area contributed by atoms with E-state index in [1.165, 1.54) is 6.42 Å². The quantitative estimate of drug-likeness (QED) is 0.814. The number of allylic oxidation sites excluding steroid dienone is 1. The summed E-state index contributed by atoms with van der Waals surface area (Å²) in [6.45, 7) is 1.65. The van der Waals surface area contributed by atoms with Gasteiger partial charge in [0, 0.05) is 37.0 Å². The molecule has 5 heteroatoms. The van der Waals surface area contributed by atoms with Gasteiger partial charge in [-0.05, 0) is 55.1 Å². The number of likely N-dealkylation sites (tertiary alicyclic amines) is 1. The van der Waals surface area contributed by atoms with Gasteiger partial charge in [0.1, 0.15) is 0 Å². The average Bonchev–Trinajstić information content (AvgIpc) is 3.22. The summed E-state index contributed by atoms with van der Waals surface area (Å²) in [7, 11) is 0. The van der Waals surface area contributed by atoms with E-state index in [0.717, 1.165) is 62.8 Å². The fourth-order valence-corrected chi connectivity index (χ4v) is 5.47. The van der Waals surface area contributed by atoms with Gasteiger partial charge in [-0.3, -0.25) is 14.4 Å². The van der Waals surface area contributed by atoms with Crippen LogP contribution in [0.4, 0.5) is 0 Å². The third kappa shape index (κ3) is 3.59. The number of rotatable bonds is 5. The molecule has 0 aromatic heterocycles. The second-order valence-electron chi connectivity index (χ2n) is 9.56. The number of carbonyl (C=O) groups is 3. The fourth-order valence-electron chi connectivity index (χ4n) is 5.47. The van der Waals surface area contributed by atoms with Gasteiger partial charge in [0.05, 0.1) is 6.42 Å². The minimum absolute atomic E-state index is 0.0384. The molecule has 3 fully saturated rings. The molecule has 1 N–H and O–H groups in total. The van der Waals surface area contributed by atoms with Crippen LogP contribution in [0.5, 0.6) is 0 Å². The molecule has 1 aromatic rings. The zero-order valence-electron chi connectivity index (χ0n) is 17.5. The van der Waals surface area contributed by atoms with E-state index in [-0.39, 0.29) is 35.5 Å². The highest BCUT2D eigenvalue weighted by Crippen LogP contribution is 2.54. The average molecular weight is 407 g/mol. The minimum Gasteiger partial charge on any atom is -0.352 e. The molecule has 1 aliphatic heterocycles. The second kappa shape index (κ2) is 7.68. The molecule has 0 bridgehead atoms. The highest BCUT2D eigenvalue weighted by Gasteiger charge is 2.56. The third-order valence-corrected chi connectivity index (χ3v) is 7.81. The summed E-state index contributed by atoms with van der Waals surface area (Å²) in [5, 5.41) is 3.19. The summed E-state index contributed by atoms with van der Waals surface area (Å²) in [6, 6.07) is 10.1. The largest absolute Gasteiger partial charge is 0.352 e. The van der Waals surface area contributed by atoms with Gasteiger partial charge in [-0.15, -0.1) is 0 Å². The van der Waals surface area contributed by atoms with Crippen LogP contribution < -0.4 is 5.32 Å². The Morgan fingerprint density at radius 2 is 1.80 bits per heavy atom. The Balaban J connectivity index is 1.16. The number of benzene rings is 1. The molecular weight excluding hydrogens is 376 g/mol. The van der Waals surface area contributed by atoms with Crippen molar-refractivity contribution in [3.8, 4) is 0 Å². The van der Waals surface area contributed by atoms with E-state index in [1.807, 2.05) is 35.2 Å². The van der Waals surface area contributed by atoms with Crippen molar-refractivity contribution >= 4 is 23.2 Å². The van der Waals surface area contributed by atoms with Crippen molar-refractivity contribution in [2.24, 2.45) is 11.3 Å². The van der Waals surface area contributed by atoms with Crippen molar-refractivity contribution in [1.82, 2.24) is 10.2 Å². The van der Waals surface area contributed by atoms with Gasteiger partial charge in [0.25, 0.3) is 0 Å². The molecule has 1 spiro atoms. The summed E-state index contributed by atoms with van der Waals surface area (Å²) in [4.78, 5) is 39.6. The first-order valence-electron chi connectivity index (χ1n) is 11.4. The Hall–Kier alpha value is -2.43. The zero-order valence-corrected chi connectivity index (χ0v) is 17.5. The van der Waals surface area contributed by atoms with Crippen LogP contribution in [-0.2, 0) is 14.4 Å². The first-order valence-corrected chi connectivity index (χ1v) is 11.4. The van der Waals surface area contributed by atoms with Crippen molar-refractivity contribution < 1.29 is 14.4 Å². The number of amides is 2. The maximum Gasteiger partial charge on any atom is 0.225 e. The summed E-state index contributed by atoms with van der Waals surface area (Å²) >= 11 is 0. The Morgan fingerprint density at radius 3 is 2.47 bits per heavy atom.